The van der Waals surface area contributed by atoms with Crippen LogP contribution in [0.15, 0.2) is 18.2 Å². The Bertz CT molecular complexity index is 569. The maximum absolute atomic E-state index is 13.0. The summed E-state index contributed by atoms with van der Waals surface area (Å²) in [5, 5.41) is 3.22. The van der Waals surface area contributed by atoms with E-state index in [-0.39, 0.29) is 24.4 Å². The molecule has 140 valence electrons. The molecule has 3 nitrogen and oxygen atoms in total. The maximum Gasteiger partial charge on any atom is 0.241 e. The first-order chi connectivity index (χ1) is 11.6. The minimum Gasteiger partial charge on any atom is -0.324 e. The number of nitrogens with one attached hydrogen (secondary N) is 1. The third-order valence-electron chi connectivity index (χ3n) is 5.56. The molecule has 3 rings (SSSR count). The van der Waals surface area contributed by atoms with Gasteiger partial charge in [0, 0.05) is 18.1 Å². The third kappa shape index (κ3) is 5.35. The van der Waals surface area contributed by atoms with Crippen LogP contribution < -0.4 is 5.32 Å². The molecule has 2 fully saturated rings. The molecule has 1 heterocycles. The number of anilines is 1. The molecule has 0 unspecified atom stereocenters. The fourth-order valence-corrected chi connectivity index (χ4v) is 4.15. The van der Waals surface area contributed by atoms with E-state index in [1.165, 1.54) is 19.3 Å². The van der Waals surface area contributed by atoms with Gasteiger partial charge in [-0.05, 0) is 75.5 Å². The lowest BCUT2D eigenvalue weighted by Crippen LogP contribution is -2.50. The highest BCUT2D eigenvalue weighted by Crippen LogP contribution is 2.34. The summed E-state index contributed by atoms with van der Waals surface area (Å²) >= 11 is 5.95. The van der Waals surface area contributed by atoms with Crippen molar-refractivity contribution < 1.29 is 4.79 Å². The zero-order chi connectivity index (χ0) is 17.1. The second-order valence-corrected chi connectivity index (χ2v) is 7.96. The number of benzene rings is 1. The normalized spacial score (nSPS) is 23.8. The Morgan fingerprint density at radius 1 is 1.20 bits per heavy atom. The van der Waals surface area contributed by atoms with Crippen LogP contribution in [0.25, 0.3) is 0 Å². The van der Waals surface area contributed by atoms with Gasteiger partial charge in [0.15, 0.2) is 0 Å². The summed E-state index contributed by atoms with van der Waals surface area (Å²) < 4.78 is 0. The van der Waals surface area contributed by atoms with Gasteiger partial charge in [-0.2, -0.15) is 0 Å². The summed E-state index contributed by atoms with van der Waals surface area (Å²) in [5.41, 5.74) is 3.24. The number of likely N-dealkylation sites (tertiary alicyclic amines) is 1. The monoisotopic (exact) mass is 384 g/mol. The Kier molecular flexibility index (Phi) is 7.60. The molecule has 1 amide bonds. The Hall–Kier alpha value is -0.770. The fraction of sp³-hybridized carbons (Fsp3) is 0.650. The number of amides is 1. The SMILES string of the molecule is Cc1cccc(C)c1NC(=O)[C@@H]1C[C@H](CCCl)CCN1CC1CC1.Cl. The minimum absolute atomic E-state index is 0. The quantitative estimate of drug-likeness (QED) is 0.715. The average molecular weight is 385 g/mol. The van der Waals surface area contributed by atoms with Crippen LogP contribution >= 0.6 is 24.0 Å². The smallest absolute Gasteiger partial charge is 0.241 e. The lowest BCUT2D eigenvalue weighted by atomic mass is 9.88. The molecule has 1 saturated heterocycles. The number of nitrogens with zero attached hydrogens (tertiary/aromatic N) is 1. The number of carbonyl (C=O) groups excluding carboxylic acids is 1. The van der Waals surface area contributed by atoms with Crippen molar-refractivity contribution in [1.29, 1.82) is 0 Å². The van der Waals surface area contributed by atoms with Crippen LogP contribution in [-0.2, 0) is 4.79 Å². The van der Waals surface area contributed by atoms with Crippen molar-refractivity contribution in [2.45, 2.75) is 52.0 Å². The predicted octanol–water partition coefficient (Wildman–Crippen LogP) is 4.78. The number of halogens is 2. The van der Waals surface area contributed by atoms with Crippen molar-refractivity contribution in [2.75, 3.05) is 24.3 Å². The summed E-state index contributed by atoms with van der Waals surface area (Å²) in [4.78, 5) is 15.5. The van der Waals surface area contributed by atoms with Crippen molar-refractivity contribution in [1.82, 2.24) is 4.90 Å². The van der Waals surface area contributed by atoms with E-state index in [0.717, 1.165) is 48.7 Å². The van der Waals surface area contributed by atoms with E-state index in [0.29, 0.717) is 11.8 Å². The first-order valence-electron chi connectivity index (χ1n) is 9.25. The van der Waals surface area contributed by atoms with Gasteiger partial charge in [0.25, 0.3) is 0 Å². The van der Waals surface area contributed by atoms with Gasteiger partial charge in [-0.3, -0.25) is 9.69 Å². The van der Waals surface area contributed by atoms with Gasteiger partial charge >= 0.3 is 0 Å². The van der Waals surface area contributed by atoms with Gasteiger partial charge in [0.1, 0.15) is 0 Å². The van der Waals surface area contributed by atoms with Gasteiger partial charge in [0.2, 0.25) is 5.91 Å². The standard InChI is InChI=1S/C20H29ClN2O.ClH/c1-14-4-3-5-15(2)19(14)22-20(24)18-12-16(8-10-21)9-11-23(18)13-17-6-7-17;/h3-5,16-18H,6-13H2,1-2H3,(H,22,24);1H/t16-,18+;/m1./s1. The Labute approximate surface area is 162 Å². The third-order valence-corrected chi connectivity index (χ3v) is 5.78. The highest BCUT2D eigenvalue weighted by molar-refractivity contribution is 6.17. The van der Waals surface area contributed by atoms with E-state index in [4.69, 9.17) is 11.6 Å². The van der Waals surface area contributed by atoms with Crippen LogP contribution in [0, 0.1) is 25.7 Å². The molecule has 25 heavy (non-hydrogen) atoms. The molecule has 1 aliphatic heterocycles. The number of alkyl halides is 1. The van der Waals surface area contributed by atoms with Gasteiger partial charge in [-0.15, -0.1) is 24.0 Å². The van der Waals surface area contributed by atoms with Crippen LogP contribution in [0.3, 0.4) is 0 Å². The van der Waals surface area contributed by atoms with E-state index in [1.807, 2.05) is 6.07 Å². The molecule has 2 atom stereocenters. The summed E-state index contributed by atoms with van der Waals surface area (Å²) in [6, 6.07) is 6.15. The maximum atomic E-state index is 13.0. The molecule has 1 saturated carbocycles. The second kappa shape index (κ2) is 9.25. The summed E-state index contributed by atoms with van der Waals surface area (Å²) in [5.74, 6) is 2.24. The Balaban J connectivity index is 0.00000225. The van der Waals surface area contributed by atoms with Gasteiger partial charge in [-0.1, -0.05) is 18.2 Å². The highest BCUT2D eigenvalue weighted by Gasteiger charge is 2.36. The summed E-state index contributed by atoms with van der Waals surface area (Å²) in [6.07, 6.45) is 5.79. The van der Waals surface area contributed by atoms with Crippen molar-refractivity contribution in [2.24, 2.45) is 11.8 Å². The molecule has 2 aliphatic rings. The van der Waals surface area contributed by atoms with E-state index in [1.54, 1.807) is 0 Å². The van der Waals surface area contributed by atoms with Crippen LogP contribution in [0.1, 0.15) is 43.2 Å². The molecule has 1 aliphatic carbocycles. The molecular weight excluding hydrogens is 355 g/mol. The van der Waals surface area contributed by atoms with Crippen LogP contribution in [0.2, 0.25) is 0 Å². The molecule has 1 N–H and O–H groups in total. The van der Waals surface area contributed by atoms with Crippen LogP contribution in [0.5, 0.6) is 0 Å². The van der Waals surface area contributed by atoms with E-state index in [2.05, 4.69) is 36.2 Å². The zero-order valence-corrected chi connectivity index (χ0v) is 16.8. The Morgan fingerprint density at radius 3 is 2.48 bits per heavy atom. The first-order valence-corrected chi connectivity index (χ1v) is 9.79. The number of aryl methyl sites for hydroxylation is 2. The van der Waals surface area contributed by atoms with Crippen molar-refractivity contribution >= 4 is 35.6 Å². The zero-order valence-electron chi connectivity index (χ0n) is 15.3. The van der Waals surface area contributed by atoms with E-state index >= 15 is 0 Å². The molecule has 5 heteroatoms. The van der Waals surface area contributed by atoms with Gasteiger partial charge in [-0.25, -0.2) is 0 Å². The van der Waals surface area contributed by atoms with Crippen LogP contribution in [0.4, 0.5) is 5.69 Å². The molecule has 0 aromatic heterocycles. The topological polar surface area (TPSA) is 32.3 Å². The molecule has 1 aromatic rings. The highest BCUT2D eigenvalue weighted by atomic mass is 35.5. The summed E-state index contributed by atoms with van der Waals surface area (Å²) in [6.45, 7) is 6.23. The average Bonchev–Trinajstić information content (AvgIpc) is 3.36. The number of carbonyl (C=O) groups is 1. The fourth-order valence-electron chi connectivity index (χ4n) is 3.84. The minimum atomic E-state index is -0.00780. The van der Waals surface area contributed by atoms with Gasteiger partial charge in [0.05, 0.1) is 6.04 Å². The lowest BCUT2D eigenvalue weighted by Gasteiger charge is -2.38. The predicted molar refractivity (Wildman–Crippen MR) is 108 cm³/mol. The molecule has 0 radical (unpaired) electrons. The number of piperidine rings is 1. The number of rotatable bonds is 6. The second-order valence-electron chi connectivity index (χ2n) is 7.58. The van der Waals surface area contributed by atoms with Crippen molar-refractivity contribution in [3.8, 4) is 0 Å². The lowest BCUT2D eigenvalue weighted by molar-refractivity contribution is -0.123. The van der Waals surface area contributed by atoms with Crippen molar-refractivity contribution in [3.63, 3.8) is 0 Å². The number of hydrogen-bond donors (Lipinski definition) is 1. The molecule has 0 spiro atoms. The molecule has 0 bridgehead atoms. The number of hydrogen-bond acceptors (Lipinski definition) is 2. The largest absolute Gasteiger partial charge is 0.324 e. The van der Waals surface area contributed by atoms with E-state index < -0.39 is 0 Å². The first kappa shape index (κ1) is 20.5. The van der Waals surface area contributed by atoms with E-state index in [9.17, 15) is 4.79 Å². The van der Waals surface area contributed by atoms with Gasteiger partial charge < -0.3 is 5.32 Å². The number of para-hydroxylation sites is 1. The summed E-state index contributed by atoms with van der Waals surface area (Å²) in [7, 11) is 0. The Morgan fingerprint density at radius 2 is 1.88 bits per heavy atom. The van der Waals surface area contributed by atoms with Crippen molar-refractivity contribution in [3.05, 3.63) is 29.3 Å². The van der Waals surface area contributed by atoms with Crippen LogP contribution in [-0.4, -0.2) is 35.8 Å². The molecule has 1 aromatic carbocycles. The molecular formula is C20H30Cl2N2O.